The van der Waals surface area contributed by atoms with Crippen molar-refractivity contribution in [2.45, 2.75) is 26.0 Å². The Morgan fingerprint density at radius 1 is 1.03 bits per heavy atom. The molecule has 1 amide bonds. The maximum absolute atomic E-state index is 12.3. The Morgan fingerprint density at radius 2 is 1.74 bits per heavy atom. The van der Waals surface area contributed by atoms with Crippen LogP contribution >= 0.6 is 0 Å². The van der Waals surface area contributed by atoms with Crippen molar-refractivity contribution in [3.8, 4) is 17.2 Å². The van der Waals surface area contributed by atoms with Gasteiger partial charge in [-0.05, 0) is 49.8 Å². The number of ether oxygens (including phenoxy) is 2. The maximum atomic E-state index is 12.3. The van der Waals surface area contributed by atoms with E-state index in [0.717, 1.165) is 16.9 Å². The topological polar surface area (TPSA) is 104 Å². The Kier molecular flexibility index (Phi) is 7.16. The van der Waals surface area contributed by atoms with Crippen molar-refractivity contribution in [2.75, 3.05) is 7.11 Å². The van der Waals surface area contributed by atoms with E-state index in [1.807, 2.05) is 42.5 Å². The maximum Gasteiger partial charge on any atom is 0.329 e. The van der Waals surface area contributed by atoms with Gasteiger partial charge < -0.3 is 19.2 Å². The fourth-order valence-corrected chi connectivity index (χ4v) is 2.63. The summed E-state index contributed by atoms with van der Waals surface area (Å²) in [5.41, 5.74) is 1.59. The second kappa shape index (κ2) is 10.2. The van der Waals surface area contributed by atoms with Gasteiger partial charge in [-0.2, -0.15) is 0 Å². The van der Waals surface area contributed by atoms with Crippen molar-refractivity contribution in [2.24, 2.45) is 0 Å². The van der Waals surface area contributed by atoms with E-state index in [0.29, 0.717) is 5.89 Å². The molecule has 0 unspecified atom stereocenters. The first-order valence-electron chi connectivity index (χ1n) is 9.68. The summed E-state index contributed by atoms with van der Waals surface area (Å²) in [7, 11) is 1.58. The minimum Gasteiger partial charge on any atom is -0.497 e. The number of carbonyl (C=O) groups is 2. The van der Waals surface area contributed by atoms with Crippen molar-refractivity contribution in [3.63, 3.8) is 0 Å². The van der Waals surface area contributed by atoms with Crippen LogP contribution in [0.5, 0.6) is 5.75 Å². The average Bonchev–Trinajstić information content (AvgIpc) is 3.29. The molecule has 0 bridgehead atoms. The minimum absolute atomic E-state index is 0.171. The molecule has 0 saturated carbocycles. The Labute approximate surface area is 179 Å². The molecule has 3 aromatic rings. The van der Waals surface area contributed by atoms with Gasteiger partial charge in [-0.25, -0.2) is 4.79 Å². The number of amides is 1. The molecular formula is C23H23N3O5. The van der Waals surface area contributed by atoms with Crippen LogP contribution in [-0.4, -0.2) is 35.2 Å². The SMILES string of the molecule is COc1ccc(/C=C/C(=O)N[C@@H](C)C(=O)O[C@H](C)c2nnc(-c3ccccc3)o2)cc1. The minimum atomic E-state index is -0.855. The van der Waals surface area contributed by atoms with Crippen LogP contribution in [0.4, 0.5) is 0 Å². The summed E-state index contributed by atoms with van der Waals surface area (Å²) >= 11 is 0. The number of rotatable bonds is 8. The summed E-state index contributed by atoms with van der Waals surface area (Å²) in [5, 5.41) is 10.5. The number of aromatic nitrogens is 2. The van der Waals surface area contributed by atoms with E-state index in [4.69, 9.17) is 13.9 Å². The highest BCUT2D eigenvalue weighted by Gasteiger charge is 2.23. The molecule has 0 radical (unpaired) electrons. The molecule has 1 heterocycles. The standard InChI is InChI=1S/C23H23N3O5/c1-15(24-20(27)14-11-17-9-12-19(29-3)13-10-17)23(28)30-16(2)21-25-26-22(31-21)18-7-5-4-6-8-18/h4-16H,1-3H3,(H,24,27)/b14-11+/t15-,16+/m0/s1. The van der Waals surface area contributed by atoms with Crippen LogP contribution in [0.25, 0.3) is 17.5 Å². The Hall–Kier alpha value is -3.94. The lowest BCUT2D eigenvalue weighted by Crippen LogP contribution is -2.39. The van der Waals surface area contributed by atoms with Crippen molar-refractivity contribution in [1.29, 1.82) is 0 Å². The van der Waals surface area contributed by atoms with E-state index in [1.54, 1.807) is 32.2 Å². The first-order chi connectivity index (χ1) is 15.0. The first-order valence-corrected chi connectivity index (χ1v) is 9.68. The molecule has 0 aliphatic rings. The largest absolute Gasteiger partial charge is 0.497 e. The van der Waals surface area contributed by atoms with Crippen molar-refractivity contribution >= 4 is 18.0 Å². The fraction of sp³-hybridized carbons (Fsp3) is 0.217. The molecule has 2 atom stereocenters. The molecule has 8 nitrogen and oxygen atoms in total. The summed E-state index contributed by atoms with van der Waals surface area (Å²) < 4.78 is 16.0. The number of benzene rings is 2. The van der Waals surface area contributed by atoms with Crippen molar-refractivity contribution < 1.29 is 23.5 Å². The van der Waals surface area contributed by atoms with Crippen LogP contribution < -0.4 is 10.1 Å². The lowest BCUT2D eigenvalue weighted by molar-refractivity contribution is -0.152. The molecule has 0 aliphatic heterocycles. The van der Waals surface area contributed by atoms with Crippen LogP contribution in [-0.2, 0) is 14.3 Å². The normalized spacial score (nSPS) is 12.9. The molecular weight excluding hydrogens is 398 g/mol. The third-order valence-corrected chi connectivity index (χ3v) is 4.36. The zero-order chi connectivity index (χ0) is 22.2. The van der Waals surface area contributed by atoms with E-state index in [-0.39, 0.29) is 5.89 Å². The predicted molar refractivity (Wildman–Crippen MR) is 114 cm³/mol. The third kappa shape index (κ3) is 6.02. The van der Waals surface area contributed by atoms with Gasteiger partial charge in [-0.3, -0.25) is 4.79 Å². The Bertz CT molecular complexity index is 1040. The quantitative estimate of drug-likeness (QED) is 0.438. The number of methoxy groups -OCH3 is 1. The van der Waals surface area contributed by atoms with Crippen LogP contribution in [0.2, 0.25) is 0 Å². The van der Waals surface area contributed by atoms with Gasteiger partial charge in [-0.15, -0.1) is 10.2 Å². The molecule has 31 heavy (non-hydrogen) atoms. The molecule has 1 aromatic heterocycles. The lowest BCUT2D eigenvalue weighted by Gasteiger charge is -2.15. The van der Waals surface area contributed by atoms with Gasteiger partial charge in [0.1, 0.15) is 11.8 Å². The monoisotopic (exact) mass is 421 g/mol. The Balaban J connectivity index is 1.52. The number of esters is 1. The second-order valence-electron chi connectivity index (χ2n) is 6.73. The van der Waals surface area contributed by atoms with Gasteiger partial charge in [0.05, 0.1) is 7.11 Å². The number of nitrogens with zero attached hydrogens (tertiary/aromatic N) is 2. The van der Waals surface area contributed by atoms with E-state index in [9.17, 15) is 9.59 Å². The highest BCUT2D eigenvalue weighted by molar-refractivity contribution is 5.94. The summed E-state index contributed by atoms with van der Waals surface area (Å²) in [6, 6.07) is 15.6. The highest BCUT2D eigenvalue weighted by Crippen LogP contribution is 2.22. The van der Waals surface area contributed by atoms with Gasteiger partial charge in [-0.1, -0.05) is 30.3 Å². The zero-order valence-electron chi connectivity index (χ0n) is 17.4. The van der Waals surface area contributed by atoms with Crippen molar-refractivity contribution in [3.05, 3.63) is 72.1 Å². The summed E-state index contributed by atoms with van der Waals surface area (Å²) in [4.78, 5) is 24.4. The van der Waals surface area contributed by atoms with Crippen LogP contribution in [0, 0.1) is 0 Å². The molecule has 0 aliphatic carbocycles. The van der Waals surface area contributed by atoms with Gasteiger partial charge in [0.2, 0.25) is 11.8 Å². The average molecular weight is 421 g/mol. The van der Waals surface area contributed by atoms with E-state index in [1.165, 1.54) is 13.0 Å². The number of hydrogen-bond acceptors (Lipinski definition) is 7. The summed E-state index contributed by atoms with van der Waals surface area (Å²) in [5.74, 6) is 0.202. The molecule has 0 saturated heterocycles. The van der Waals surface area contributed by atoms with E-state index in [2.05, 4.69) is 15.5 Å². The van der Waals surface area contributed by atoms with Gasteiger partial charge in [0.15, 0.2) is 6.10 Å². The van der Waals surface area contributed by atoms with Crippen LogP contribution in [0.15, 0.2) is 65.1 Å². The van der Waals surface area contributed by atoms with Crippen LogP contribution in [0.1, 0.15) is 31.4 Å². The molecule has 160 valence electrons. The van der Waals surface area contributed by atoms with E-state index < -0.39 is 24.0 Å². The second-order valence-corrected chi connectivity index (χ2v) is 6.73. The van der Waals surface area contributed by atoms with Crippen molar-refractivity contribution in [1.82, 2.24) is 15.5 Å². The summed E-state index contributed by atoms with van der Waals surface area (Å²) in [6.45, 7) is 3.16. The molecule has 2 aromatic carbocycles. The van der Waals surface area contributed by atoms with Gasteiger partial charge in [0, 0.05) is 11.6 Å². The lowest BCUT2D eigenvalue weighted by atomic mass is 10.2. The smallest absolute Gasteiger partial charge is 0.329 e. The number of hydrogen-bond donors (Lipinski definition) is 1. The molecule has 8 heteroatoms. The fourth-order valence-electron chi connectivity index (χ4n) is 2.63. The Morgan fingerprint density at radius 3 is 2.42 bits per heavy atom. The predicted octanol–water partition coefficient (Wildman–Crippen LogP) is 3.57. The van der Waals surface area contributed by atoms with E-state index >= 15 is 0 Å². The zero-order valence-corrected chi connectivity index (χ0v) is 17.4. The molecule has 1 N–H and O–H groups in total. The molecule has 3 rings (SSSR count). The third-order valence-electron chi connectivity index (χ3n) is 4.36. The molecule has 0 spiro atoms. The van der Waals surface area contributed by atoms with Crippen LogP contribution in [0.3, 0.4) is 0 Å². The number of carbonyl (C=O) groups excluding carboxylic acids is 2. The van der Waals surface area contributed by atoms with Gasteiger partial charge >= 0.3 is 5.97 Å². The summed E-state index contributed by atoms with van der Waals surface area (Å²) in [6.07, 6.45) is 2.23. The highest BCUT2D eigenvalue weighted by atomic mass is 16.6. The molecule has 0 fully saturated rings. The number of nitrogens with one attached hydrogen (secondary N) is 1. The first kappa shape index (κ1) is 21.8. The van der Waals surface area contributed by atoms with Gasteiger partial charge in [0.25, 0.3) is 5.89 Å².